The number of rotatable bonds is 3. The van der Waals surface area contributed by atoms with E-state index in [2.05, 4.69) is 5.10 Å². The van der Waals surface area contributed by atoms with Crippen molar-refractivity contribution in [3.05, 3.63) is 48.3 Å². The van der Waals surface area contributed by atoms with Gasteiger partial charge in [0.15, 0.2) is 0 Å². The number of hydrogen-bond donors (Lipinski definition) is 0. The number of nitrogens with zero attached hydrogens (tertiary/aromatic N) is 3. The Hall–Kier alpha value is -2.34. The first-order valence-corrected chi connectivity index (χ1v) is 8.78. The third kappa shape index (κ3) is 3.39. The van der Waals surface area contributed by atoms with Crippen molar-refractivity contribution in [3.63, 3.8) is 0 Å². The van der Waals surface area contributed by atoms with Gasteiger partial charge < -0.3 is 14.4 Å². The van der Waals surface area contributed by atoms with Crippen molar-refractivity contribution >= 4 is 5.91 Å². The third-order valence-corrected chi connectivity index (χ3v) is 5.12. The molecule has 1 spiro atoms. The summed E-state index contributed by atoms with van der Waals surface area (Å²) in [5, 5.41) is 4.21. The second kappa shape index (κ2) is 6.52. The highest BCUT2D eigenvalue weighted by Crippen LogP contribution is 2.37. The summed E-state index contributed by atoms with van der Waals surface area (Å²) >= 11 is 0. The molecule has 25 heavy (non-hydrogen) atoms. The van der Waals surface area contributed by atoms with Crippen molar-refractivity contribution in [2.45, 2.75) is 31.0 Å². The summed E-state index contributed by atoms with van der Waals surface area (Å²) in [6, 6.07) is 11.6. The van der Waals surface area contributed by atoms with Crippen LogP contribution in [0.15, 0.2) is 42.6 Å². The van der Waals surface area contributed by atoms with E-state index >= 15 is 0 Å². The Bertz CT molecular complexity index is 735. The minimum Gasteiger partial charge on any atom is -0.488 e. The number of amides is 1. The molecule has 1 aromatic carbocycles. The first-order chi connectivity index (χ1) is 12.1. The van der Waals surface area contributed by atoms with E-state index in [9.17, 15) is 4.79 Å². The smallest absolute Gasteiger partial charge is 0.274 e. The predicted octanol–water partition coefficient (Wildman–Crippen LogP) is 2.26. The van der Waals surface area contributed by atoms with Gasteiger partial charge in [-0.05, 0) is 31.0 Å². The lowest BCUT2D eigenvalue weighted by Crippen LogP contribution is -2.46. The van der Waals surface area contributed by atoms with E-state index < -0.39 is 0 Å². The second-order valence-corrected chi connectivity index (χ2v) is 6.92. The number of benzene rings is 1. The van der Waals surface area contributed by atoms with Gasteiger partial charge in [-0.25, -0.2) is 0 Å². The fourth-order valence-corrected chi connectivity index (χ4v) is 3.73. The molecular formula is C19H23N3O3. The molecule has 6 nitrogen and oxygen atoms in total. The van der Waals surface area contributed by atoms with Crippen LogP contribution in [-0.4, -0.2) is 52.0 Å². The van der Waals surface area contributed by atoms with Crippen LogP contribution in [-0.2, 0) is 11.8 Å². The summed E-state index contributed by atoms with van der Waals surface area (Å²) in [6.45, 7) is 2.02. The van der Waals surface area contributed by atoms with E-state index in [0.717, 1.165) is 25.0 Å². The molecule has 2 aliphatic rings. The molecule has 1 atom stereocenters. The Morgan fingerprint density at radius 1 is 1.24 bits per heavy atom. The maximum atomic E-state index is 12.5. The van der Waals surface area contributed by atoms with Crippen molar-refractivity contribution < 1.29 is 14.3 Å². The van der Waals surface area contributed by atoms with E-state index in [1.165, 1.54) is 0 Å². The monoisotopic (exact) mass is 341 g/mol. The number of hydrogen-bond acceptors (Lipinski definition) is 4. The fraction of sp³-hybridized carbons (Fsp3) is 0.474. The zero-order chi connectivity index (χ0) is 17.3. The molecule has 1 aromatic heterocycles. The molecule has 4 rings (SSSR count). The summed E-state index contributed by atoms with van der Waals surface area (Å²) in [5.74, 6) is 0.890. The summed E-state index contributed by atoms with van der Waals surface area (Å²) in [7, 11) is 1.82. The SMILES string of the molecule is Cn1ccc(C(=O)N2CCC3(CC2)CC(Oc2ccccc2)CO3)n1. The normalized spacial score (nSPS) is 22.3. The van der Waals surface area contributed by atoms with Crippen LogP contribution < -0.4 is 4.74 Å². The minimum atomic E-state index is -0.152. The molecule has 1 amide bonds. The van der Waals surface area contributed by atoms with Gasteiger partial charge in [0.2, 0.25) is 0 Å². The number of para-hydroxylation sites is 1. The molecule has 0 N–H and O–H groups in total. The molecule has 2 aromatic rings. The van der Waals surface area contributed by atoms with Gasteiger partial charge in [-0.1, -0.05) is 18.2 Å². The number of likely N-dealkylation sites (tertiary alicyclic amines) is 1. The van der Waals surface area contributed by atoms with E-state index in [-0.39, 0.29) is 17.6 Å². The average Bonchev–Trinajstić information content (AvgIpc) is 3.23. The van der Waals surface area contributed by atoms with Crippen molar-refractivity contribution in [3.8, 4) is 5.75 Å². The quantitative estimate of drug-likeness (QED) is 0.859. The Kier molecular flexibility index (Phi) is 4.21. The van der Waals surface area contributed by atoms with Crippen LogP contribution in [0.5, 0.6) is 5.75 Å². The Morgan fingerprint density at radius 3 is 2.68 bits per heavy atom. The molecule has 0 radical (unpaired) electrons. The maximum Gasteiger partial charge on any atom is 0.274 e. The molecule has 0 bridgehead atoms. The molecule has 2 aliphatic heterocycles. The zero-order valence-corrected chi connectivity index (χ0v) is 14.4. The van der Waals surface area contributed by atoms with Crippen LogP contribution in [0.3, 0.4) is 0 Å². The van der Waals surface area contributed by atoms with E-state index in [0.29, 0.717) is 25.4 Å². The lowest BCUT2D eigenvalue weighted by Gasteiger charge is -2.38. The number of piperidine rings is 1. The van der Waals surface area contributed by atoms with Crippen molar-refractivity contribution in [1.29, 1.82) is 0 Å². The Labute approximate surface area is 147 Å². The van der Waals surface area contributed by atoms with Crippen molar-refractivity contribution in [1.82, 2.24) is 14.7 Å². The number of aromatic nitrogens is 2. The van der Waals surface area contributed by atoms with Gasteiger partial charge in [0.1, 0.15) is 17.5 Å². The van der Waals surface area contributed by atoms with E-state index in [1.54, 1.807) is 16.9 Å². The topological polar surface area (TPSA) is 56.6 Å². The number of ether oxygens (including phenoxy) is 2. The molecule has 1 unspecified atom stereocenters. The van der Waals surface area contributed by atoms with Crippen LogP contribution in [0, 0.1) is 0 Å². The first kappa shape index (κ1) is 16.1. The fourth-order valence-electron chi connectivity index (χ4n) is 3.73. The lowest BCUT2D eigenvalue weighted by molar-refractivity contribution is -0.0396. The third-order valence-electron chi connectivity index (χ3n) is 5.12. The van der Waals surface area contributed by atoms with Gasteiger partial charge in [0.25, 0.3) is 5.91 Å². The number of carbonyl (C=O) groups is 1. The molecule has 2 fully saturated rings. The number of carbonyl (C=O) groups excluding carboxylic acids is 1. The molecular weight excluding hydrogens is 318 g/mol. The summed E-state index contributed by atoms with van der Waals surface area (Å²) in [5.41, 5.74) is 0.358. The highest BCUT2D eigenvalue weighted by Gasteiger charge is 2.44. The van der Waals surface area contributed by atoms with Gasteiger partial charge in [0.05, 0.1) is 12.2 Å². The Balaban J connectivity index is 1.33. The van der Waals surface area contributed by atoms with Crippen LogP contribution in [0.4, 0.5) is 0 Å². The largest absolute Gasteiger partial charge is 0.488 e. The number of aryl methyl sites for hydroxylation is 1. The molecule has 0 aliphatic carbocycles. The minimum absolute atomic E-state index is 0.00512. The first-order valence-electron chi connectivity index (χ1n) is 8.78. The van der Waals surface area contributed by atoms with Gasteiger partial charge in [-0.3, -0.25) is 9.48 Å². The second-order valence-electron chi connectivity index (χ2n) is 6.92. The summed E-state index contributed by atoms with van der Waals surface area (Å²) < 4.78 is 13.8. The molecule has 132 valence electrons. The lowest BCUT2D eigenvalue weighted by atomic mass is 9.88. The van der Waals surface area contributed by atoms with Crippen LogP contribution >= 0.6 is 0 Å². The highest BCUT2D eigenvalue weighted by molar-refractivity contribution is 5.92. The van der Waals surface area contributed by atoms with Gasteiger partial charge in [-0.2, -0.15) is 5.10 Å². The Morgan fingerprint density at radius 2 is 2.00 bits per heavy atom. The summed E-state index contributed by atoms with van der Waals surface area (Å²) in [4.78, 5) is 14.4. The van der Waals surface area contributed by atoms with E-state index in [1.807, 2.05) is 42.3 Å². The van der Waals surface area contributed by atoms with Crippen molar-refractivity contribution in [2.24, 2.45) is 7.05 Å². The average molecular weight is 341 g/mol. The van der Waals surface area contributed by atoms with Gasteiger partial charge >= 0.3 is 0 Å². The van der Waals surface area contributed by atoms with Gasteiger partial charge in [-0.15, -0.1) is 0 Å². The standard InChI is InChI=1S/C19H23N3O3/c1-21-10-7-17(20-21)18(23)22-11-8-19(9-12-22)13-16(14-24-19)25-15-5-3-2-4-6-15/h2-7,10,16H,8-9,11-14H2,1H3. The van der Waals surface area contributed by atoms with Crippen molar-refractivity contribution in [2.75, 3.05) is 19.7 Å². The molecule has 2 saturated heterocycles. The molecule has 0 saturated carbocycles. The van der Waals surface area contributed by atoms with Gasteiger partial charge in [0, 0.05) is 32.8 Å². The van der Waals surface area contributed by atoms with Crippen LogP contribution in [0.25, 0.3) is 0 Å². The van der Waals surface area contributed by atoms with Crippen LogP contribution in [0.2, 0.25) is 0 Å². The maximum absolute atomic E-state index is 12.5. The highest BCUT2D eigenvalue weighted by atomic mass is 16.6. The predicted molar refractivity (Wildman–Crippen MR) is 92.5 cm³/mol. The van der Waals surface area contributed by atoms with E-state index in [4.69, 9.17) is 9.47 Å². The van der Waals surface area contributed by atoms with Crippen LogP contribution in [0.1, 0.15) is 29.8 Å². The molecule has 3 heterocycles. The zero-order valence-electron chi connectivity index (χ0n) is 14.4. The summed E-state index contributed by atoms with van der Waals surface area (Å²) in [6.07, 6.45) is 4.46. The molecule has 6 heteroatoms.